The summed E-state index contributed by atoms with van der Waals surface area (Å²) >= 11 is 1.64. The second-order valence-corrected chi connectivity index (χ2v) is 5.90. The van der Waals surface area contributed by atoms with Gasteiger partial charge in [0.15, 0.2) is 0 Å². The lowest BCUT2D eigenvalue weighted by Gasteiger charge is -2.07. The standard InChI is InChI=1S/C13H18N4S/c1-8(2)4-10-5-12(14)17-13(16-10)6-11-7-18-9(3)15-11/h5,7-8H,4,6H2,1-3H3,(H2,14,16,17). The quantitative estimate of drug-likeness (QED) is 0.920. The molecular weight excluding hydrogens is 244 g/mol. The predicted octanol–water partition coefficient (Wildman–Crippen LogP) is 2.61. The van der Waals surface area contributed by atoms with Gasteiger partial charge < -0.3 is 5.73 Å². The Morgan fingerprint density at radius 2 is 2.00 bits per heavy atom. The largest absolute Gasteiger partial charge is 0.384 e. The molecule has 2 aromatic heterocycles. The van der Waals surface area contributed by atoms with Gasteiger partial charge in [-0.1, -0.05) is 13.8 Å². The molecule has 0 saturated heterocycles. The number of aromatic nitrogens is 3. The Morgan fingerprint density at radius 3 is 2.61 bits per heavy atom. The second kappa shape index (κ2) is 5.44. The van der Waals surface area contributed by atoms with Gasteiger partial charge in [-0.05, 0) is 19.3 Å². The van der Waals surface area contributed by atoms with E-state index in [1.807, 2.05) is 18.4 Å². The van der Waals surface area contributed by atoms with Gasteiger partial charge in [0.25, 0.3) is 0 Å². The Morgan fingerprint density at radius 1 is 1.22 bits per heavy atom. The summed E-state index contributed by atoms with van der Waals surface area (Å²) in [4.78, 5) is 13.3. The highest BCUT2D eigenvalue weighted by atomic mass is 32.1. The highest BCUT2D eigenvalue weighted by Gasteiger charge is 2.07. The molecule has 18 heavy (non-hydrogen) atoms. The molecule has 0 amide bonds. The molecule has 4 nitrogen and oxygen atoms in total. The SMILES string of the molecule is Cc1nc(Cc2nc(N)cc(CC(C)C)n2)cs1. The van der Waals surface area contributed by atoms with E-state index in [2.05, 4.69) is 28.8 Å². The third-order valence-electron chi connectivity index (χ3n) is 2.47. The van der Waals surface area contributed by atoms with Crippen LogP contribution in [0.4, 0.5) is 5.82 Å². The van der Waals surface area contributed by atoms with Crippen LogP contribution in [-0.4, -0.2) is 15.0 Å². The van der Waals surface area contributed by atoms with Crippen LogP contribution >= 0.6 is 11.3 Å². The van der Waals surface area contributed by atoms with E-state index in [0.717, 1.165) is 28.6 Å². The van der Waals surface area contributed by atoms with E-state index in [-0.39, 0.29) is 0 Å². The molecule has 0 aromatic carbocycles. The first kappa shape index (κ1) is 13.0. The Labute approximate surface area is 111 Å². The highest BCUT2D eigenvalue weighted by molar-refractivity contribution is 7.09. The maximum Gasteiger partial charge on any atom is 0.136 e. The summed E-state index contributed by atoms with van der Waals surface area (Å²) in [6, 6.07) is 1.86. The number of thiazole rings is 1. The van der Waals surface area contributed by atoms with Crippen LogP contribution in [0.3, 0.4) is 0 Å². The van der Waals surface area contributed by atoms with Crippen molar-refractivity contribution in [2.24, 2.45) is 5.92 Å². The molecule has 0 aliphatic heterocycles. The van der Waals surface area contributed by atoms with E-state index in [1.165, 1.54) is 0 Å². The summed E-state index contributed by atoms with van der Waals surface area (Å²) < 4.78 is 0. The summed E-state index contributed by atoms with van der Waals surface area (Å²) in [5.74, 6) is 1.87. The van der Waals surface area contributed by atoms with Gasteiger partial charge in [-0.15, -0.1) is 11.3 Å². The fourth-order valence-corrected chi connectivity index (χ4v) is 2.44. The fourth-order valence-electron chi connectivity index (χ4n) is 1.83. The summed E-state index contributed by atoms with van der Waals surface area (Å²) in [6.45, 7) is 6.34. The summed E-state index contributed by atoms with van der Waals surface area (Å²) in [6.07, 6.45) is 1.58. The molecule has 5 heteroatoms. The normalized spacial score (nSPS) is 11.1. The van der Waals surface area contributed by atoms with Gasteiger partial charge >= 0.3 is 0 Å². The molecule has 2 rings (SSSR count). The molecular formula is C13H18N4S. The van der Waals surface area contributed by atoms with Crippen LogP contribution in [0.2, 0.25) is 0 Å². The molecule has 2 heterocycles. The second-order valence-electron chi connectivity index (χ2n) is 4.83. The van der Waals surface area contributed by atoms with Crippen LogP contribution < -0.4 is 5.73 Å². The monoisotopic (exact) mass is 262 g/mol. The summed E-state index contributed by atoms with van der Waals surface area (Å²) in [7, 11) is 0. The van der Waals surface area contributed by atoms with Gasteiger partial charge in [0.2, 0.25) is 0 Å². The number of nitrogens with two attached hydrogens (primary N) is 1. The van der Waals surface area contributed by atoms with Crippen molar-refractivity contribution >= 4 is 17.2 Å². The number of rotatable bonds is 4. The van der Waals surface area contributed by atoms with Gasteiger partial charge in [-0.3, -0.25) is 0 Å². The molecule has 0 radical (unpaired) electrons. The van der Waals surface area contributed by atoms with Crippen LogP contribution in [0, 0.1) is 12.8 Å². The van der Waals surface area contributed by atoms with Gasteiger partial charge in [-0.2, -0.15) is 0 Å². The average Bonchev–Trinajstić information content (AvgIpc) is 2.61. The minimum absolute atomic E-state index is 0.544. The van der Waals surface area contributed by atoms with Crippen molar-refractivity contribution < 1.29 is 0 Å². The number of nitrogen functional groups attached to an aromatic ring is 1. The highest BCUT2D eigenvalue weighted by Crippen LogP contribution is 2.14. The van der Waals surface area contributed by atoms with Gasteiger partial charge in [0.1, 0.15) is 11.6 Å². The van der Waals surface area contributed by atoms with Gasteiger partial charge in [-0.25, -0.2) is 15.0 Å². The molecule has 0 bridgehead atoms. The number of nitrogens with zero attached hydrogens (tertiary/aromatic N) is 3. The summed E-state index contributed by atoms with van der Waals surface area (Å²) in [5, 5.41) is 3.11. The molecule has 2 aromatic rings. The van der Waals surface area contributed by atoms with Crippen LogP contribution in [0.15, 0.2) is 11.4 Å². The van der Waals surface area contributed by atoms with Gasteiger partial charge in [0.05, 0.1) is 17.1 Å². The molecule has 0 aliphatic rings. The maximum absolute atomic E-state index is 5.83. The Kier molecular flexibility index (Phi) is 3.91. The van der Waals surface area contributed by atoms with Crippen LogP contribution in [0.25, 0.3) is 0 Å². The molecule has 2 N–H and O–H groups in total. The molecule has 0 atom stereocenters. The van der Waals surface area contributed by atoms with Crippen molar-refractivity contribution in [3.8, 4) is 0 Å². The smallest absolute Gasteiger partial charge is 0.136 e. The Bertz CT molecular complexity index is 534. The van der Waals surface area contributed by atoms with E-state index >= 15 is 0 Å². The zero-order valence-corrected chi connectivity index (χ0v) is 11.8. The van der Waals surface area contributed by atoms with Crippen molar-refractivity contribution in [2.75, 3.05) is 5.73 Å². The average molecular weight is 262 g/mol. The van der Waals surface area contributed by atoms with Crippen molar-refractivity contribution in [3.05, 3.63) is 33.7 Å². The Hall–Kier alpha value is -1.49. The van der Waals surface area contributed by atoms with Crippen LogP contribution in [0.5, 0.6) is 0 Å². The van der Waals surface area contributed by atoms with Crippen molar-refractivity contribution in [1.82, 2.24) is 15.0 Å². The van der Waals surface area contributed by atoms with Crippen molar-refractivity contribution in [2.45, 2.75) is 33.6 Å². The zero-order valence-electron chi connectivity index (χ0n) is 11.0. The number of aryl methyl sites for hydroxylation is 1. The van der Waals surface area contributed by atoms with E-state index in [9.17, 15) is 0 Å². The molecule has 0 spiro atoms. The first-order chi connectivity index (χ1) is 8.52. The zero-order chi connectivity index (χ0) is 13.1. The lowest BCUT2D eigenvalue weighted by molar-refractivity contribution is 0.631. The van der Waals surface area contributed by atoms with Crippen LogP contribution in [-0.2, 0) is 12.8 Å². The minimum atomic E-state index is 0.544. The molecule has 0 fully saturated rings. The molecule has 96 valence electrons. The first-order valence-corrected chi connectivity index (χ1v) is 6.94. The van der Waals surface area contributed by atoms with E-state index in [0.29, 0.717) is 18.2 Å². The van der Waals surface area contributed by atoms with E-state index < -0.39 is 0 Å². The number of anilines is 1. The minimum Gasteiger partial charge on any atom is -0.384 e. The number of hydrogen-bond acceptors (Lipinski definition) is 5. The topological polar surface area (TPSA) is 64.7 Å². The Balaban J connectivity index is 2.19. The third-order valence-corrected chi connectivity index (χ3v) is 3.29. The lowest BCUT2D eigenvalue weighted by Crippen LogP contribution is -2.06. The van der Waals surface area contributed by atoms with Crippen molar-refractivity contribution in [3.63, 3.8) is 0 Å². The van der Waals surface area contributed by atoms with E-state index in [4.69, 9.17) is 5.73 Å². The lowest BCUT2D eigenvalue weighted by atomic mass is 10.1. The maximum atomic E-state index is 5.83. The van der Waals surface area contributed by atoms with E-state index in [1.54, 1.807) is 11.3 Å². The molecule has 0 aliphatic carbocycles. The van der Waals surface area contributed by atoms with Crippen LogP contribution in [0.1, 0.15) is 36.1 Å². The predicted molar refractivity (Wildman–Crippen MR) is 74.6 cm³/mol. The van der Waals surface area contributed by atoms with Crippen molar-refractivity contribution in [1.29, 1.82) is 0 Å². The fraction of sp³-hybridized carbons (Fsp3) is 0.462. The third kappa shape index (κ3) is 3.50. The molecule has 0 unspecified atom stereocenters. The summed E-state index contributed by atoms with van der Waals surface area (Å²) in [5.41, 5.74) is 7.85. The van der Waals surface area contributed by atoms with Gasteiger partial charge in [0, 0.05) is 17.1 Å². The number of hydrogen-bond donors (Lipinski definition) is 1. The first-order valence-electron chi connectivity index (χ1n) is 6.06. The molecule has 0 saturated carbocycles.